The highest BCUT2D eigenvalue weighted by Gasteiger charge is 2.09. The largest absolute Gasteiger partial charge is 0.483 e. The molecule has 2 aromatic carbocycles. The average Bonchev–Trinajstić information content (AvgIpc) is 3.03. The molecule has 3 rings (SSSR count). The molecule has 0 spiro atoms. The van der Waals surface area contributed by atoms with Crippen LogP contribution in [-0.2, 0) is 11.3 Å². The van der Waals surface area contributed by atoms with Gasteiger partial charge in [0, 0.05) is 5.02 Å². The third-order valence-corrected chi connectivity index (χ3v) is 3.99. The maximum absolute atomic E-state index is 12.0. The van der Waals surface area contributed by atoms with E-state index in [1.54, 1.807) is 11.0 Å². The average molecular weight is 371 g/mol. The van der Waals surface area contributed by atoms with Gasteiger partial charge >= 0.3 is 0 Å². The molecule has 1 aromatic heterocycles. The van der Waals surface area contributed by atoms with Crippen LogP contribution in [-0.4, -0.2) is 27.3 Å². The summed E-state index contributed by atoms with van der Waals surface area (Å²) in [6.45, 7) is 4.39. The fourth-order valence-corrected chi connectivity index (χ4v) is 2.60. The molecule has 0 aliphatic heterocycles. The summed E-state index contributed by atoms with van der Waals surface area (Å²) in [5.74, 6) is 0.620. The molecule has 0 saturated heterocycles. The summed E-state index contributed by atoms with van der Waals surface area (Å²) in [5.41, 5.74) is 3.17. The van der Waals surface area contributed by atoms with Crippen LogP contribution in [0.25, 0.3) is 0 Å². The SMILES string of the molecule is Cc1ccc(OCC(=O)Nc2ncn(Cc3ccc(Cl)cc3)n2)c(C)c1. The van der Waals surface area contributed by atoms with Crippen molar-refractivity contribution >= 4 is 23.5 Å². The van der Waals surface area contributed by atoms with Crippen molar-refractivity contribution in [3.8, 4) is 5.75 Å². The zero-order chi connectivity index (χ0) is 18.5. The van der Waals surface area contributed by atoms with Crippen LogP contribution in [0.5, 0.6) is 5.75 Å². The Labute approximate surface area is 156 Å². The molecule has 1 amide bonds. The predicted octanol–water partition coefficient (Wildman–Crippen LogP) is 3.61. The Balaban J connectivity index is 1.53. The lowest BCUT2D eigenvalue weighted by Crippen LogP contribution is -2.21. The number of hydrogen-bond donors (Lipinski definition) is 1. The zero-order valence-corrected chi connectivity index (χ0v) is 15.3. The van der Waals surface area contributed by atoms with Crippen molar-refractivity contribution in [3.63, 3.8) is 0 Å². The molecule has 1 N–H and O–H groups in total. The van der Waals surface area contributed by atoms with E-state index in [4.69, 9.17) is 16.3 Å². The van der Waals surface area contributed by atoms with Crippen molar-refractivity contribution in [2.24, 2.45) is 0 Å². The lowest BCUT2D eigenvalue weighted by Gasteiger charge is -2.09. The second-order valence-corrected chi connectivity index (χ2v) is 6.43. The van der Waals surface area contributed by atoms with Gasteiger partial charge in [0.05, 0.1) is 6.54 Å². The summed E-state index contributed by atoms with van der Waals surface area (Å²) >= 11 is 5.87. The van der Waals surface area contributed by atoms with Crippen molar-refractivity contribution < 1.29 is 9.53 Å². The van der Waals surface area contributed by atoms with Gasteiger partial charge in [-0.15, -0.1) is 5.10 Å². The van der Waals surface area contributed by atoms with Crippen LogP contribution in [0.4, 0.5) is 5.95 Å². The molecule has 0 bridgehead atoms. The number of rotatable bonds is 6. The van der Waals surface area contributed by atoms with Crippen molar-refractivity contribution in [2.45, 2.75) is 20.4 Å². The Bertz CT molecular complexity index is 906. The van der Waals surface area contributed by atoms with Gasteiger partial charge in [0.25, 0.3) is 5.91 Å². The van der Waals surface area contributed by atoms with Crippen LogP contribution in [0, 0.1) is 13.8 Å². The van der Waals surface area contributed by atoms with E-state index in [-0.39, 0.29) is 18.5 Å². The number of aryl methyl sites for hydroxylation is 2. The minimum Gasteiger partial charge on any atom is -0.483 e. The quantitative estimate of drug-likeness (QED) is 0.719. The number of amides is 1. The van der Waals surface area contributed by atoms with Crippen molar-refractivity contribution in [3.05, 3.63) is 70.5 Å². The van der Waals surface area contributed by atoms with Crippen LogP contribution >= 0.6 is 11.6 Å². The normalized spacial score (nSPS) is 10.6. The van der Waals surface area contributed by atoms with Crippen LogP contribution in [0.3, 0.4) is 0 Å². The number of anilines is 1. The summed E-state index contributed by atoms with van der Waals surface area (Å²) in [6.07, 6.45) is 1.56. The topological polar surface area (TPSA) is 69.0 Å². The van der Waals surface area contributed by atoms with Gasteiger partial charge in [-0.1, -0.05) is 41.4 Å². The monoisotopic (exact) mass is 370 g/mol. The van der Waals surface area contributed by atoms with E-state index in [0.717, 1.165) is 16.7 Å². The number of carbonyl (C=O) groups excluding carboxylic acids is 1. The summed E-state index contributed by atoms with van der Waals surface area (Å²) in [5, 5.41) is 7.55. The van der Waals surface area contributed by atoms with E-state index in [9.17, 15) is 4.79 Å². The second kappa shape index (κ2) is 8.01. The lowest BCUT2D eigenvalue weighted by atomic mass is 10.1. The first kappa shape index (κ1) is 17.9. The number of nitrogens with one attached hydrogen (secondary N) is 1. The Hall–Kier alpha value is -2.86. The molecule has 0 atom stereocenters. The molecule has 134 valence electrons. The fraction of sp³-hybridized carbons (Fsp3) is 0.211. The highest BCUT2D eigenvalue weighted by molar-refractivity contribution is 6.30. The lowest BCUT2D eigenvalue weighted by molar-refractivity contribution is -0.118. The Morgan fingerprint density at radius 3 is 2.69 bits per heavy atom. The van der Waals surface area contributed by atoms with Gasteiger partial charge in [-0.25, -0.2) is 9.67 Å². The van der Waals surface area contributed by atoms with Crippen molar-refractivity contribution in [1.82, 2.24) is 14.8 Å². The number of nitrogens with zero attached hydrogens (tertiary/aromatic N) is 3. The van der Waals surface area contributed by atoms with Gasteiger partial charge in [0.2, 0.25) is 5.95 Å². The van der Waals surface area contributed by atoms with Gasteiger partial charge in [0.1, 0.15) is 12.1 Å². The van der Waals surface area contributed by atoms with E-state index in [1.165, 1.54) is 0 Å². The molecule has 6 nitrogen and oxygen atoms in total. The molecular weight excluding hydrogens is 352 g/mol. The number of carbonyl (C=O) groups is 1. The molecule has 0 radical (unpaired) electrons. The van der Waals surface area contributed by atoms with E-state index in [1.807, 2.05) is 56.3 Å². The molecule has 1 heterocycles. The Kier molecular flexibility index (Phi) is 5.53. The fourth-order valence-electron chi connectivity index (χ4n) is 2.47. The highest BCUT2D eigenvalue weighted by Crippen LogP contribution is 2.18. The molecular formula is C19H19ClN4O2. The summed E-state index contributed by atoms with van der Waals surface area (Å²) in [4.78, 5) is 16.1. The molecule has 0 fully saturated rings. The number of hydrogen-bond acceptors (Lipinski definition) is 4. The second-order valence-electron chi connectivity index (χ2n) is 6.00. The molecule has 3 aromatic rings. The number of ether oxygens (including phenoxy) is 1. The third kappa shape index (κ3) is 4.83. The van der Waals surface area contributed by atoms with E-state index < -0.39 is 0 Å². The van der Waals surface area contributed by atoms with Crippen molar-refractivity contribution in [1.29, 1.82) is 0 Å². The summed E-state index contributed by atoms with van der Waals surface area (Å²) in [7, 11) is 0. The van der Waals surface area contributed by atoms with Gasteiger partial charge < -0.3 is 4.74 Å². The van der Waals surface area contributed by atoms with Crippen LogP contribution in [0.15, 0.2) is 48.8 Å². The first-order valence-corrected chi connectivity index (χ1v) is 8.51. The maximum Gasteiger partial charge on any atom is 0.264 e. The first-order valence-electron chi connectivity index (χ1n) is 8.13. The van der Waals surface area contributed by atoms with Gasteiger partial charge in [-0.05, 0) is 43.2 Å². The molecule has 0 saturated carbocycles. The maximum atomic E-state index is 12.0. The van der Waals surface area contributed by atoms with E-state index >= 15 is 0 Å². The Morgan fingerprint density at radius 1 is 1.19 bits per heavy atom. The zero-order valence-electron chi connectivity index (χ0n) is 14.6. The third-order valence-electron chi connectivity index (χ3n) is 3.73. The molecule has 0 unspecified atom stereocenters. The van der Waals surface area contributed by atoms with Gasteiger partial charge in [-0.3, -0.25) is 10.1 Å². The predicted molar refractivity (Wildman–Crippen MR) is 101 cm³/mol. The van der Waals surface area contributed by atoms with Crippen LogP contribution < -0.4 is 10.1 Å². The molecule has 26 heavy (non-hydrogen) atoms. The van der Waals surface area contributed by atoms with E-state index in [0.29, 0.717) is 17.3 Å². The standard InChI is InChI=1S/C19H19ClN4O2/c1-13-3-8-17(14(2)9-13)26-11-18(25)22-19-21-12-24(23-19)10-15-4-6-16(20)7-5-15/h3-9,12H,10-11H2,1-2H3,(H,22,23,25). The summed E-state index contributed by atoms with van der Waals surface area (Å²) < 4.78 is 7.20. The molecule has 0 aliphatic rings. The minimum absolute atomic E-state index is 0.102. The van der Waals surface area contributed by atoms with Crippen LogP contribution in [0.1, 0.15) is 16.7 Å². The van der Waals surface area contributed by atoms with Crippen LogP contribution in [0.2, 0.25) is 5.02 Å². The Morgan fingerprint density at radius 2 is 1.96 bits per heavy atom. The van der Waals surface area contributed by atoms with Gasteiger partial charge in [0.15, 0.2) is 6.61 Å². The highest BCUT2D eigenvalue weighted by atomic mass is 35.5. The first-order chi connectivity index (χ1) is 12.5. The molecule has 7 heteroatoms. The minimum atomic E-state index is -0.311. The number of aromatic nitrogens is 3. The van der Waals surface area contributed by atoms with Crippen molar-refractivity contribution in [2.75, 3.05) is 11.9 Å². The smallest absolute Gasteiger partial charge is 0.264 e. The summed E-state index contributed by atoms with van der Waals surface area (Å²) in [6, 6.07) is 13.3. The molecule has 0 aliphatic carbocycles. The van der Waals surface area contributed by atoms with E-state index in [2.05, 4.69) is 15.4 Å². The number of benzene rings is 2. The number of halogens is 1. The van der Waals surface area contributed by atoms with Gasteiger partial charge in [-0.2, -0.15) is 0 Å².